The minimum atomic E-state index is -3.99. The van der Waals surface area contributed by atoms with Gasteiger partial charge in [-0.2, -0.15) is 9.40 Å². The van der Waals surface area contributed by atoms with Crippen LogP contribution in [0.15, 0.2) is 29.4 Å². The Morgan fingerprint density at radius 2 is 1.77 bits per heavy atom. The van der Waals surface area contributed by atoms with E-state index in [1.165, 1.54) is 15.2 Å². The molecule has 0 radical (unpaired) electrons. The number of nitrogens with two attached hydrogens (primary N) is 1. The van der Waals surface area contributed by atoms with Crippen molar-refractivity contribution in [1.82, 2.24) is 19.0 Å². The van der Waals surface area contributed by atoms with Gasteiger partial charge in [-0.25, -0.2) is 8.42 Å². The maximum Gasteiger partial charge on any atom is 0.263 e. The number of aryl methyl sites for hydroxylation is 2. The first-order chi connectivity index (χ1) is 16.6. The van der Waals surface area contributed by atoms with Crippen molar-refractivity contribution in [3.63, 3.8) is 0 Å². The third kappa shape index (κ3) is 5.17. The quantitative estimate of drug-likeness (QED) is 0.616. The lowest BCUT2D eigenvalue weighted by Gasteiger charge is -2.36. The highest BCUT2D eigenvalue weighted by molar-refractivity contribution is 7.89. The van der Waals surface area contributed by atoms with Crippen LogP contribution in [0.4, 0.5) is 5.69 Å². The molecule has 4 rings (SSSR count). The first-order valence-electron chi connectivity index (χ1n) is 11.8. The summed E-state index contributed by atoms with van der Waals surface area (Å²) in [5.41, 5.74) is 7.52. The van der Waals surface area contributed by atoms with E-state index in [0.29, 0.717) is 50.6 Å². The van der Waals surface area contributed by atoms with Crippen molar-refractivity contribution in [3.05, 3.63) is 40.5 Å². The van der Waals surface area contributed by atoms with E-state index < -0.39 is 10.0 Å². The van der Waals surface area contributed by atoms with Crippen LogP contribution in [-0.2, 0) is 21.4 Å². The van der Waals surface area contributed by atoms with Crippen molar-refractivity contribution in [2.24, 2.45) is 11.7 Å². The van der Waals surface area contributed by atoms with Gasteiger partial charge >= 0.3 is 0 Å². The van der Waals surface area contributed by atoms with Crippen LogP contribution < -0.4 is 10.6 Å². The van der Waals surface area contributed by atoms with Crippen LogP contribution in [0.2, 0.25) is 5.02 Å². The van der Waals surface area contributed by atoms with Gasteiger partial charge in [-0.15, -0.1) is 0 Å². The number of anilines is 1. The molecule has 12 heteroatoms. The Morgan fingerprint density at radius 1 is 1.11 bits per heavy atom. The van der Waals surface area contributed by atoms with E-state index >= 15 is 0 Å². The van der Waals surface area contributed by atoms with Gasteiger partial charge < -0.3 is 15.5 Å². The third-order valence-corrected chi connectivity index (χ3v) is 8.87. The number of halogens is 1. The maximum absolute atomic E-state index is 13.6. The van der Waals surface area contributed by atoms with E-state index in [1.807, 2.05) is 32.0 Å². The number of primary amides is 1. The summed E-state index contributed by atoms with van der Waals surface area (Å²) in [5, 5.41) is 4.69. The fourth-order valence-electron chi connectivity index (χ4n) is 4.66. The lowest BCUT2D eigenvalue weighted by Crippen LogP contribution is -2.49. The molecule has 35 heavy (non-hydrogen) atoms. The molecule has 1 aromatic carbocycles. The Balaban J connectivity index is 1.52. The van der Waals surface area contributed by atoms with Crippen molar-refractivity contribution < 1.29 is 18.0 Å². The van der Waals surface area contributed by atoms with Gasteiger partial charge in [0.2, 0.25) is 10.9 Å². The van der Waals surface area contributed by atoms with Crippen LogP contribution in [0.25, 0.3) is 0 Å². The Hall–Kier alpha value is -2.63. The monoisotopic (exact) mass is 522 g/mol. The molecule has 10 nitrogen and oxygen atoms in total. The van der Waals surface area contributed by atoms with Crippen LogP contribution >= 0.6 is 11.6 Å². The molecular formula is C23H31ClN6O4S. The molecule has 190 valence electrons. The van der Waals surface area contributed by atoms with E-state index in [4.69, 9.17) is 17.3 Å². The van der Waals surface area contributed by atoms with E-state index in [9.17, 15) is 18.0 Å². The molecule has 0 unspecified atom stereocenters. The van der Waals surface area contributed by atoms with Crippen LogP contribution in [0, 0.1) is 12.8 Å². The first-order valence-corrected chi connectivity index (χ1v) is 13.6. The van der Waals surface area contributed by atoms with E-state index in [0.717, 1.165) is 11.3 Å². The number of hydrogen-bond acceptors (Lipinski definition) is 6. The van der Waals surface area contributed by atoms with E-state index in [-0.39, 0.29) is 41.4 Å². The van der Waals surface area contributed by atoms with Crippen molar-refractivity contribution in [3.8, 4) is 0 Å². The number of nitrogens with zero attached hydrogens (tertiary/aromatic N) is 5. The molecule has 0 spiro atoms. The summed E-state index contributed by atoms with van der Waals surface area (Å²) in [4.78, 5) is 28.5. The van der Waals surface area contributed by atoms with Gasteiger partial charge in [0.15, 0.2) is 0 Å². The highest BCUT2D eigenvalue weighted by Crippen LogP contribution is 2.28. The number of piperazine rings is 1. The number of piperidine rings is 1. The average molecular weight is 523 g/mol. The zero-order chi connectivity index (χ0) is 25.3. The van der Waals surface area contributed by atoms with Crippen LogP contribution in [0.5, 0.6) is 0 Å². The predicted octanol–water partition coefficient (Wildman–Crippen LogP) is 1.71. The molecule has 0 bridgehead atoms. The largest absolute Gasteiger partial charge is 0.369 e. The standard InChI is InChI=1S/C23H31ClN6O4S/c1-3-29-15-19(23(32)28-8-6-17(7-9-28)21(25)31)22(26-29)35(33,34)30-12-10-27(11-13-30)20-14-18(24)5-4-16(20)2/h4-5,14-15,17H,3,6-13H2,1-2H3,(H2,25,31). The highest BCUT2D eigenvalue weighted by Gasteiger charge is 2.37. The molecule has 2 saturated heterocycles. The van der Waals surface area contributed by atoms with Gasteiger partial charge in [0, 0.05) is 68.6 Å². The van der Waals surface area contributed by atoms with Crippen molar-refractivity contribution in [2.45, 2.75) is 38.3 Å². The third-order valence-electron chi connectivity index (χ3n) is 6.80. The molecule has 2 aliphatic heterocycles. The first kappa shape index (κ1) is 25.5. The Morgan fingerprint density at radius 3 is 2.37 bits per heavy atom. The molecule has 2 N–H and O–H groups in total. The number of carbonyl (C=O) groups excluding carboxylic acids is 2. The molecule has 0 aliphatic carbocycles. The molecule has 0 atom stereocenters. The predicted molar refractivity (Wildman–Crippen MR) is 133 cm³/mol. The molecule has 0 saturated carbocycles. The van der Waals surface area contributed by atoms with Crippen molar-refractivity contribution in [2.75, 3.05) is 44.2 Å². The highest BCUT2D eigenvalue weighted by atomic mass is 35.5. The summed E-state index contributed by atoms with van der Waals surface area (Å²) >= 11 is 6.17. The zero-order valence-electron chi connectivity index (χ0n) is 20.0. The topological polar surface area (TPSA) is 122 Å². The normalized spacial score (nSPS) is 18.1. The number of benzene rings is 1. The van der Waals surface area contributed by atoms with Crippen molar-refractivity contribution >= 4 is 39.1 Å². The van der Waals surface area contributed by atoms with Crippen LogP contribution in [-0.4, -0.2) is 78.5 Å². The summed E-state index contributed by atoms with van der Waals surface area (Å²) in [6, 6.07) is 5.67. The molecule has 3 heterocycles. The van der Waals surface area contributed by atoms with Crippen LogP contribution in [0.1, 0.15) is 35.7 Å². The Kier molecular flexibility index (Phi) is 7.39. The molecule has 1 aromatic heterocycles. The lowest BCUT2D eigenvalue weighted by molar-refractivity contribution is -0.123. The summed E-state index contributed by atoms with van der Waals surface area (Å²) < 4.78 is 30.1. The number of likely N-dealkylation sites (tertiary alicyclic amines) is 1. The number of hydrogen-bond donors (Lipinski definition) is 1. The number of sulfonamides is 1. The minimum Gasteiger partial charge on any atom is -0.369 e. The SMILES string of the molecule is CCn1cc(C(=O)N2CCC(C(N)=O)CC2)c(S(=O)(=O)N2CCN(c3cc(Cl)ccc3C)CC2)n1. The smallest absolute Gasteiger partial charge is 0.263 e. The van der Waals surface area contributed by atoms with Gasteiger partial charge in [-0.05, 0) is 44.4 Å². The second-order valence-corrected chi connectivity index (χ2v) is 11.3. The van der Waals surface area contributed by atoms with Gasteiger partial charge in [-0.1, -0.05) is 17.7 Å². The number of amides is 2. The fourth-order valence-corrected chi connectivity index (χ4v) is 6.34. The second kappa shape index (κ2) is 10.2. The average Bonchev–Trinajstić information content (AvgIpc) is 3.31. The minimum absolute atomic E-state index is 0.0671. The van der Waals surface area contributed by atoms with E-state index in [1.54, 1.807) is 4.90 Å². The van der Waals surface area contributed by atoms with Crippen molar-refractivity contribution in [1.29, 1.82) is 0 Å². The Bertz CT molecular complexity index is 1210. The number of aromatic nitrogens is 2. The Labute approximate surface area is 210 Å². The van der Waals surface area contributed by atoms with Crippen LogP contribution in [0.3, 0.4) is 0 Å². The maximum atomic E-state index is 13.6. The number of carbonyl (C=O) groups is 2. The van der Waals surface area contributed by atoms with E-state index in [2.05, 4.69) is 10.00 Å². The molecule has 2 aliphatic rings. The summed E-state index contributed by atoms with van der Waals surface area (Å²) in [7, 11) is -3.99. The summed E-state index contributed by atoms with van der Waals surface area (Å²) in [5.74, 6) is -1.02. The van der Waals surface area contributed by atoms with Gasteiger partial charge in [0.1, 0.15) is 0 Å². The molecule has 2 aromatic rings. The molecule has 2 fully saturated rings. The fraction of sp³-hybridized carbons (Fsp3) is 0.522. The summed E-state index contributed by atoms with van der Waals surface area (Å²) in [6.07, 6.45) is 2.44. The van der Waals surface area contributed by atoms with Gasteiger partial charge in [0.25, 0.3) is 15.9 Å². The molecule has 2 amide bonds. The van der Waals surface area contributed by atoms with Gasteiger partial charge in [0.05, 0.1) is 5.56 Å². The van der Waals surface area contributed by atoms with Gasteiger partial charge in [-0.3, -0.25) is 14.3 Å². The molecular weight excluding hydrogens is 492 g/mol. The zero-order valence-corrected chi connectivity index (χ0v) is 21.6. The summed E-state index contributed by atoms with van der Waals surface area (Å²) in [6.45, 7) is 6.50. The lowest BCUT2D eigenvalue weighted by atomic mass is 9.96. The second-order valence-electron chi connectivity index (χ2n) is 8.99. The number of rotatable bonds is 6.